The van der Waals surface area contributed by atoms with E-state index in [2.05, 4.69) is 104 Å². The van der Waals surface area contributed by atoms with Crippen LogP contribution in [0.25, 0.3) is 44.5 Å². The van der Waals surface area contributed by atoms with Crippen molar-refractivity contribution in [3.63, 3.8) is 0 Å². The van der Waals surface area contributed by atoms with Gasteiger partial charge in [0.05, 0.1) is 13.7 Å². The molecule has 3 aromatic carbocycles. The smallest absolute Gasteiger partial charge is 0.120 e. The molecule has 1 radical (unpaired) electrons. The second kappa shape index (κ2) is 13.7. The van der Waals surface area contributed by atoms with Crippen molar-refractivity contribution >= 4 is 35.2 Å². The standard InChI is InChI=1S/C25H26NOSi.C14H14N.Ir/c1-28(2,3)19-11-12-20-21-9-6-10-22(25(21)27-24(20)16-19)23-15-18(13-14-26-23)17-7-4-5-8-17;1-11(2)13-8-9-14(15-10-13)12-6-4-3-5-7-12;/h6,9,11-17H,4-5,7-8H2,1-3H3;3-6,8-11H,1-2H3;/q2*-1;. The Kier molecular flexibility index (Phi) is 9.99. The summed E-state index contributed by atoms with van der Waals surface area (Å²) in [5.74, 6) is 1.21. The van der Waals surface area contributed by atoms with Crippen molar-refractivity contribution in [2.75, 3.05) is 0 Å². The fourth-order valence-corrected chi connectivity index (χ4v) is 7.10. The molecule has 1 fully saturated rings. The summed E-state index contributed by atoms with van der Waals surface area (Å²) in [6, 6.07) is 34.0. The van der Waals surface area contributed by atoms with Crippen LogP contribution in [0.2, 0.25) is 19.6 Å². The van der Waals surface area contributed by atoms with Crippen molar-refractivity contribution in [3.05, 3.63) is 115 Å². The van der Waals surface area contributed by atoms with E-state index >= 15 is 0 Å². The zero-order valence-corrected chi connectivity index (χ0v) is 29.7. The maximum atomic E-state index is 6.39. The van der Waals surface area contributed by atoms with Crippen molar-refractivity contribution in [1.29, 1.82) is 0 Å². The van der Waals surface area contributed by atoms with E-state index < -0.39 is 8.07 Å². The molecule has 0 N–H and O–H groups in total. The van der Waals surface area contributed by atoms with Crippen LogP contribution >= 0.6 is 0 Å². The molecule has 0 spiro atoms. The van der Waals surface area contributed by atoms with Crippen LogP contribution < -0.4 is 5.19 Å². The third-order valence-corrected chi connectivity index (χ3v) is 10.6. The van der Waals surface area contributed by atoms with Gasteiger partial charge in [0.25, 0.3) is 0 Å². The van der Waals surface area contributed by atoms with Crippen LogP contribution in [-0.4, -0.2) is 18.0 Å². The quantitative estimate of drug-likeness (QED) is 0.129. The zero-order chi connectivity index (χ0) is 30.0. The van der Waals surface area contributed by atoms with E-state index in [1.165, 1.54) is 47.4 Å². The molecule has 3 aromatic heterocycles. The molecule has 5 heteroatoms. The summed E-state index contributed by atoms with van der Waals surface area (Å²) in [6.45, 7) is 11.5. The summed E-state index contributed by atoms with van der Waals surface area (Å²) < 4.78 is 6.39. The maximum Gasteiger partial charge on any atom is 0.120 e. The molecule has 6 aromatic rings. The van der Waals surface area contributed by atoms with E-state index in [1.54, 1.807) is 0 Å². The predicted octanol–water partition coefficient (Wildman–Crippen LogP) is 10.3. The Hall–Kier alpha value is -3.37. The minimum absolute atomic E-state index is 0. The molecular weight excluding hydrogens is 733 g/mol. The van der Waals surface area contributed by atoms with E-state index in [-0.39, 0.29) is 20.1 Å². The maximum absolute atomic E-state index is 6.39. The van der Waals surface area contributed by atoms with Crippen LogP contribution in [-0.2, 0) is 20.1 Å². The minimum atomic E-state index is -1.38. The first-order valence-electron chi connectivity index (χ1n) is 15.5. The normalized spacial score (nSPS) is 13.6. The fourth-order valence-electron chi connectivity index (χ4n) is 5.95. The first kappa shape index (κ1) is 32.0. The van der Waals surface area contributed by atoms with Crippen molar-refractivity contribution in [2.24, 2.45) is 0 Å². The van der Waals surface area contributed by atoms with Crippen LogP contribution in [0.3, 0.4) is 0 Å². The third-order valence-electron chi connectivity index (χ3n) is 8.60. The number of aromatic nitrogens is 2. The Morgan fingerprint density at radius 2 is 1.64 bits per heavy atom. The van der Waals surface area contributed by atoms with Crippen molar-refractivity contribution < 1.29 is 24.5 Å². The largest absolute Gasteiger partial charge is 0.501 e. The Morgan fingerprint density at radius 1 is 0.818 bits per heavy atom. The van der Waals surface area contributed by atoms with E-state index in [4.69, 9.17) is 4.42 Å². The van der Waals surface area contributed by atoms with Gasteiger partial charge in [0.1, 0.15) is 5.58 Å². The molecule has 0 bridgehead atoms. The van der Waals surface area contributed by atoms with Gasteiger partial charge in [-0.15, -0.1) is 54.1 Å². The second-order valence-corrected chi connectivity index (χ2v) is 18.1. The summed E-state index contributed by atoms with van der Waals surface area (Å²) in [4.78, 5) is 9.11. The molecule has 1 saturated carbocycles. The predicted molar refractivity (Wildman–Crippen MR) is 183 cm³/mol. The van der Waals surface area contributed by atoms with Crippen molar-refractivity contribution in [3.8, 4) is 22.5 Å². The number of furan rings is 1. The van der Waals surface area contributed by atoms with Crippen LogP contribution in [0.15, 0.2) is 95.7 Å². The van der Waals surface area contributed by atoms with E-state index in [0.29, 0.717) is 11.8 Å². The van der Waals surface area contributed by atoms with Gasteiger partial charge in [0.2, 0.25) is 0 Å². The van der Waals surface area contributed by atoms with Crippen LogP contribution in [0, 0.1) is 12.1 Å². The molecule has 1 aliphatic carbocycles. The summed E-state index contributed by atoms with van der Waals surface area (Å²) >= 11 is 0. The van der Waals surface area contributed by atoms with E-state index in [1.807, 2.05) is 42.7 Å². The molecular formula is C39H40IrN2OSi-2. The van der Waals surface area contributed by atoms with Gasteiger partial charge in [-0.05, 0) is 53.8 Å². The van der Waals surface area contributed by atoms with Gasteiger partial charge in [-0.2, -0.15) is 0 Å². The average Bonchev–Trinajstić information content (AvgIpc) is 3.70. The minimum Gasteiger partial charge on any atom is -0.501 e. The van der Waals surface area contributed by atoms with Crippen molar-refractivity contribution in [1.82, 2.24) is 9.97 Å². The second-order valence-electron chi connectivity index (χ2n) is 13.0. The Morgan fingerprint density at radius 3 is 2.32 bits per heavy atom. The third kappa shape index (κ3) is 6.96. The molecule has 0 saturated heterocycles. The van der Waals surface area contributed by atoms with Crippen molar-refractivity contribution in [2.45, 2.75) is 71.0 Å². The van der Waals surface area contributed by atoms with E-state index in [9.17, 15) is 0 Å². The topological polar surface area (TPSA) is 38.9 Å². The van der Waals surface area contributed by atoms with Gasteiger partial charge in [-0.1, -0.05) is 98.4 Å². The molecule has 0 amide bonds. The summed E-state index contributed by atoms with van der Waals surface area (Å²) in [7, 11) is -1.38. The fraction of sp³-hybridized carbons (Fsp3) is 0.282. The first-order valence-corrected chi connectivity index (χ1v) is 19.0. The number of nitrogens with zero attached hydrogens (tertiary/aromatic N) is 2. The Bertz CT molecular complexity index is 1830. The van der Waals surface area contributed by atoms with Crippen LogP contribution in [0.5, 0.6) is 0 Å². The zero-order valence-electron chi connectivity index (χ0n) is 26.3. The number of pyridine rings is 2. The molecule has 0 atom stereocenters. The molecule has 3 nitrogen and oxygen atoms in total. The monoisotopic (exact) mass is 773 g/mol. The average molecular weight is 773 g/mol. The summed E-state index contributed by atoms with van der Waals surface area (Å²) in [5.41, 5.74) is 8.54. The van der Waals surface area contributed by atoms with E-state index in [0.717, 1.165) is 39.1 Å². The molecule has 7 rings (SSSR count). The summed E-state index contributed by atoms with van der Waals surface area (Å²) in [5, 5.41) is 3.75. The number of rotatable bonds is 5. The Labute approximate surface area is 276 Å². The van der Waals surface area contributed by atoms with Crippen LogP contribution in [0.4, 0.5) is 0 Å². The number of fused-ring (bicyclic) bond motifs is 3. The van der Waals surface area contributed by atoms with Gasteiger partial charge in [-0.3, -0.25) is 0 Å². The molecule has 44 heavy (non-hydrogen) atoms. The molecule has 227 valence electrons. The van der Waals surface area contributed by atoms with Gasteiger partial charge >= 0.3 is 0 Å². The Balaban J connectivity index is 0.000000204. The van der Waals surface area contributed by atoms with Crippen LogP contribution in [0.1, 0.15) is 62.5 Å². The first-order chi connectivity index (χ1) is 20.8. The molecule has 0 unspecified atom stereocenters. The van der Waals surface area contributed by atoms with Gasteiger partial charge < -0.3 is 14.4 Å². The number of hydrogen-bond acceptors (Lipinski definition) is 3. The van der Waals surface area contributed by atoms with Gasteiger partial charge in [0, 0.05) is 37.9 Å². The molecule has 1 aliphatic rings. The molecule has 3 heterocycles. The van der Waals surface area contributed by atoms with Gasteiger partial charge in [0.15, 0.2) is 0 Å². The summed E-state index contributed by atoms with van der Waals surface area (Å²) in [6.07, 6.45) is 9.16. The molecule has 0 aliphatic heterocycles. The number of benzene rings is 3. The SMILES string of the molecule is CC(C)c1ccc(-c2[c-]cccc2)nc1.C[Si](C)(C)c1ccc2c(c1)oc1c(-c3cc(C4CCCC4)ccn3)[c-]ccc12.[Ir]. The number of hydrogen-bond donors (Lipinski definition) is 0. The van der Waals surface area contributed by atoms with Gasteiger partial charge in [-0.25, -0.2) is 0 Å².